The molecular formula is C55H37N3O. The number of benzene rings is 8. The standard InChI is InChI=1S/C55H37N3O/c1-3-13-36(14-4-1)37-27-29-39(30-28-37)54-56-53(38-15-5-2-6-16-38)57-55(58-54)47-24-11-22-43(33-47)41-20-9-19-40(31-41)42-21-10-23-46(32-42)48-25-12-26-50-52(48)49-34-44-17-7-8-18-45(44)35-51(49)59-50/h1-31,33-35,42H,32H2. The largest absolute Gasteiger partial charge is 0.456 e. The summed E-state index contributed by atoms with van der Waals surface area (Å²) in [6.07, 6.45) is 7.69. The molecule has 2 aromatic heterocycles. The van der Waals surface area contributed by atoms with Crippen molar-refractivity contribution in [3.63, 3.8) is 0 Å². The zero-order valence-electron chi connectivity index (χ0n) is 32.2. The van der Waals surface area contributed by atoms with Crippen LogP contribution in [0.5, 0.6) is 0 Å². The van der Waals surface area contributed by atoms with Crippen molar-refractivity contribution in [2.75, 3.05) is 0 Å². The molecule has 0 bridgehead atoms. The van der Waals surface area contributed by atoms with E-state index in [4.69, 9.17) is 19.4 Å². The zero-order valence-corrected chi connectivity index (χ0v) is 32.2. The number of furan rings is 1. The summed E-state index contributed by atoms with van der Waals surface area (Å²) in [6, 6.07) is 65.9. The summed E-state index contributed by atoms with van der Waals surface area (Å²) >= 11 is 0. The normalized spacial score (nSPS) is 13.9. The SMILES string of the molecule is C1=CC(c2cccc(-c3cccc(-c4nc(-c5ccccc5)nc(-c5ccc(-c6ccccc6)cc5)n4)c3)c2)CC(c2cccc3oc4cc5ccccc5cc4c23)=C1. The lowest BCUT2D eigenvalue weighted by atomic mass is 9.83. The molecule has 0 aliphatic heterocycles. The summed E-state index contributed by atoms with van der Waals surface area (Å²) in [5.41, 5.74) is 13.1. The average Bonchev–Trinajstić information content (AvgIpc) is 3.69. The second-order valence-corrected chi connectivity index (χ2v) is 15.2. The highest BCUT2D eigenvalue weighted by atomic mass is 16.3. The van der Waals surface area contributed by atoms with Crippen LogP contribution in [0, 0.1) is 0 Å². The number of rotatable bonds is 7. The van der Waals surface area contributed by atoms with E-state index in [2.05, 4.69) is 170 Å². The van der Waals surface area contributed by atoms with Crippen molar-refractivity contribution in [1.82, 2.24) is 15.0 Å². The number of hydrogen-bond acceptors (Lipinski definition) is 4. The van der Waals surface area contributed by atoms with Gasteiger partial charge in [-0.1, -0.05) is 182 Å². The van der Waals surface area contributed by atoms with Gasteiger partial charge in [0.15, 0.2) is 17.5 Å². The Hall–Kier alpha value is -7.69. The molecule has 0 radical (unpaired) electrons. The molecule has 278 valence electrons. The molecule has 10 aromatic rings. The topological polar surface area (TPSA) is 51.8 Å². The van der Waals surface area contributed by atoms with Crippen LogP contribution in [0.3, 0.4) is 0 Å². The monoisotopic (exact) mass is 755 g/mol. The van der Waals surface area contributed by atoms with Gasteiger partial charge >= 0.3 is 0 Å². The van der Waals surface area contributed by atoms with E-state index < -0.39 is 0 Å². The predicted molar refractivity (Wildman–Crippen MR) is 243 cm³/mol. The Morgan fingerprint density at radius 1 is 0.424 bits per heavy atom. The first-order valence-corrected chi connectivity index (χ1v) is 20.1. The van der Waals surface area contributed by atoms with E-state index in [9.17, 15) is 0 Å². The van der Waals surface area contributed by atoms with Gasteiger partial charge in [-0.2, -0.15) is 0 Å². The molecule has 0 amide bonds. The maximum atomic E-state index is 6.43. The van der Waals surface area contributed by atoms with E-state index in [1.54, 1.807) is 0 Å². The Morgan fingerprint density at radius 3 is 1.75 bits per heavy atom. The predicted octanol–water partition coefficient (Wildman–Crippen LogP) is 14.4. The number of allylic oxidation sites excluding steroid dienone is 4. The Kier molecular flexibility index (Phi) is 8.59. The molecule has 0 saturated heterocycles. The lowest BCUT2D eigenvalue weighted by Gasteiger charge is -2.20. The highest BCUT2D eigenvalue weighted by molar-refractivity contribution is 6.14. The van der Waals surface area contributed by atoms with Crippen molar-refractivity contribution in [2.24, 2.45) is 0 Å². The maximum absolute atomic E-state index is 6.43. The number of hydrogen-bond donors (Lipinski definition) is 0. The number of fused-ring (bicyclic) bond motifs is 4. The molecule has 1 aliphatic carbocycles. The van der Waals surface area contributed by atoms with Crippen LogP contribution in [0.4, 0.5) is 0 Å². The Morgan fingerprint density at radius 2 is 0.983 bits per heavy atom. The first kappa shape index (κ1) is 34.5. The third-order valence-electron chi connectivity index (χ3n) is 11.5. The molecule has 11 rings (SSSR count). The number of nitrogens with zero attached hydrogens (tertiary/aromatic N) is 3. The van der Waals surface area contributed by atoms with Crippen molar-refractivity contribution in [3.8, 4) is 56.4 Å². The first-order chi connectivity index (χ1) is 29.2. The molecule has 1 unspecified atom stereocenters. The number of aromatic nitrogens is 3. The van der Waals surface area contributed by atoms with Crippen molar-refractivity contribution < 1.29 is 4.42 Å². The Bertz CT molecular complexity index is 3230. The van der Waals surface area contributed by atoms with Gasteiger partial charge in [-0.15, -0.1) is 0 Å². The fourth-order valence-electron chi connectivity index (χ4n) is 8.47. The van der Waals surface area contributed by atoms with Crippen molar-refractivity contribution in [1.29, 1.82) is 0 Å². The summed E-state index contributed by atoms with van der Waals surface area (Å²) < 4.78 is 6.43. The minimum atomic E-state index is 0.222. The summed E-state index contributed by atoms with van der Waals surface area (Å²) in [5, 5.41) is 4.74. The third-order valence-corrected chi connectivity index (χ3v) is 11.5. The van der Waals surface area contributed by atoms with E-state index in [0.29, 0.717) is 17.5 Å². The van der Waals surface area contributed by atoms with E-state index in [-0.39, 0.29) is 5.92 Å². The highest BCUT2D eigenvalue weighted by Gasteiger charge is 2.20. The van der Waals surface area contributed by atoms with Crippen LogP contribution in [0.25, 0.3) is 94.7 Å². The van der Waals surface area contributed by atoms with Crippen LogP contribution in [-0.2, 0) is 0 Å². The zero-order chi connectivity index (χ0) is 39.1. The fraction of sp³-hybridized carbons (Fsp3) is 0.0364. The van der Waals surface area contributed by atoms with Crippen molar-refractivity contribution in [3.05, 3.63) is 217 Å². The minimum Gasteiger partial charge on any atom is -0.456 e. The third kappa shape index (κ3) is 6.61. The summed E-state index contributed by atoms with van der Waals surface area (Å²) in [7, 11) is 0. The second-order valence-electron chi connectivity index (χ2n) is 15.2. The van der Waals surface area contributed by atoms with Crippen LogP contribution in [-0.4, -0.2) is 15.0 Å². The molecule has 1 atom stereocenters. The molecule has 8 aromatic carbocycles. The Labute approximate surface area is 342 Å². The van der Waals surface area contributed by atoms with Gasteiger partial charge in [0, 0.05) is 33.4 Å². The molecule has 0 N–H and O–H groups in total. The van der Waals surface area contributed by atoms with Gasteiger partial charge in [0.05, 0.1) is 0 Å². The van der Waals surface area contributed by atoms with E-state index >= 15 is 0 Å². The fourth-order valence-corrected chi connectivity index (χ4v) is 8.47. The van der Waals surface area contributed by atoms with Crippen LogP contribution < -0.4 is 0 Å². The summed E-state index contributed by atoms with van der Waals surface area (Å²) in [4.78, 5) is 15.1. The lowest BCUT2D eigenvalue weighted by molar-refractivity contribution is 0.669. The molecule has 59 heavy (non-hydrogen) atoms. The van der Waals surface area contributed by atoms with E-state index in [1.165, 1.54) is 38.4 Å². The summed E-state index contributed by atoms with van der Waals surface area (Å²) in [5.74, 6) is 2.14. The van der Waals surface area contributed by atoms with Crippen LogP contribution in [0.2, 0.25) is 0 Å². The van der Waals surface area contributed by atoms with Gasteiger partial charge in [-0.25, -0.2) is 15.0 Å². The van der Waals surface area contributed by atoms with Gasteiger partial charge in [0.25, 0.3) is 0 Å². The van der Waals surface area contributed by atoms with Crippen LogP contribution in [0.15, 0.2) is 211 Å². The molecule has 2 heterocycles. The Balaban J connectivity index is 0.914. The van der Waals surface area contributed by atoms with Crippen LogP contribution in [0.1, 0.15) is 23.5 Å². The van der Waals surface area contributed by atoms with Gasteiger partial charge in [-0.05, 0) is 80.4 Å². The molecule has 1 aliphatic rings. The molecule has 0 fully saturated rings. The molecule has 4 nitrogen and oxygen atoms in total. The highest BCUT2D eigenvalue weighted by Crippen LogP contribution is 2.41. The smallest absolute Gasteiger partial charge is 0.164 e. The molecule has 4 heteroatoms. The average molecular weight is 756 g/mol. The first-order valence-electron chi connectivity index (χ1n) is 20.1. The minimum absolute atomic E-state index is 0.222. The molecule has 0 saturated carbocycles. The summed E-state index contributed by atoms with van der Waals surface area (Å²) in [6.45, 7) is 0. The van der Waals surface area contributed by atoms with Gasteiger partial charge in [0.1, 0.15) is 11.2 Å². The van der Waals surface area contributed by atoms with Crippen molar-refractivity contribution >= 4 is 38.3 Å². The lowest BCUT2D eigenvalue weighted by Crippen LogP contribution is -2.01. The van der Waals surface area contributed by atoms with Gasteiger partial charge in [-0.3, -0.25) is 0 Å². The second kappa shape index (κ2) is 14.7. The van der Waals surface area contributed by atoms with Gasteiger partial charge in [0.2, 0.25) is 0 Å². The van der Waals surface area contributed by atoms with E-state index in [1.807, 2.05) is 36.4 Å². The van der Waals surface area contributed by atoms with Gasteiger partial charge < -0.3 is 4.42 Å². The van der Waals surface area contributed by atoms with Crippen molar-refractivity contribution in [2.45, 2.75) is 12.3 Å². The quantitative estimate of drug-likeness (QED) is 0.163. The van der Waals surface area contributed by atoms with E-state index in [0.717, 1.165) is 56.4 Å². The maximum Gasteiger partial charge on any atom is 0.164 e. The van der Waals surface area contributed by atoms with Crippen LogP contribution >= 0.6 is 0 Å². The molecular weight excluding hydrogens is 719 g/mol. The molecule has 0 spiro atoms.